The first-order valence-electron chi connectivity index (χ1n) is 6.96. The van der Waals surface area contributed by atoms with Crippen LogP contribution in [-0.2, 0) is 10.3 Å². The summed E-state index contributed by atoms with van der Waals surface area (Å²) < 4.78 is 7.11. The summed E-state index contributed by atoms with van der Waals surface area (Å²) >= 11 is 5.25. The fourth-order valence-corrected chi connectivity index (χ4v) is 3.93. The van der Waals surface area contributed by atoms with Crippen molar-refractivity contribution in [1.82, 2.24) is 4.98 Å². The minimum atomic E-state index is -0.193. The lowest BCUT2D eigenvalue weighted by atomic mass is 9.97. The maximum absolute atomic E-state index is 6.02. The minimum Gasteiger partial charge on any atom is -0.368 e. The Morgan fingerprint density at radius 1 is 1.25 bits per heavy atom. The van der Waals surface area contributed by atoms with Crippen LogP contribution < -0.4 is 0 Å². The van der Waals surface area contributed by atoms with Gasteiger partial charge in [0.1, 0.15) is 10.6 Å². The van der Waals surface area contributed by atoms with Crippen molar-refractivity contribution < 1.29 is 4.74 Å². The number of halogens is 1. The molecule has 1 unspecified atom stereocenters. The van der Waals surface area contributed by atoms with E-state index in [0.29, 0.717) is 0 Å². The maximum atomic E-state index is 6.02. The van der Waals surface area contributed by atoms with Gasteiger partial charge in [-0.1, -0.05) is 28.1 Å². The van der Waals surface area contributed by atoms with Crippen LogP contribution in [0.25, 0.3) is 11.3 Å². The van der Waals surface area contributed by atoms with E-state index >= 15 is 0 Å². The molecule has 4 heteroatoms. The average molecular weight is 352 g/mol. The molecule has 0 N–H and O–H groups in total. The monoisotopic (exact) mass is 351 g/mol. The van der Waals surface area contributed by atoms with Gasteiger partial charge in [-0.15, -0.1) is 11.3 Å². The second-order valence-electron chi connectivity index (χ2n) is 5.47. The van der Waals surface area contributed by atoms with E-state index in [1.807, 2.05) is 0 Å². The van der Waals surface area contributed by atoms with Gasteiger partial charge in [0.25, 0.3) is 0 Å². The molecule has 1 aliphatic heterocycles. The molecule has 1 aromatic carbocycles. The van der Waals surface area contributed by atoms with E-state index in [2.05, 4.69) is 54.0 Å². The Bertz CT molecular complexity index is 599. The second kappa shape index (κ2) is 5.58. The molecule has 0 saturated carbocycles. The first kappa shape index (κ1) is 14.2. The molecule has 20 heavy (non-hydrogen) atoms. The smallest absolute Gasteiger partial charge is 0.125 e. The summed E-state index contributed by atoms with van der Waals surface area (Å²) in [4.78, 5) is 6.15. The van der Waals surface area contributed by atoms with Gasteiger partial charge in [0.05, 0.1) is 5.69 Å². The Kier molecular flexibility index (Phi) is 3.98. The first-order chi connectivity index (χ1) is 9.58. The molecule has 0 spiro atoms. The summed E-state index contributed by atoms with van der Waals surface area (Å²) in [5, 5.41) is 1.12. The van der Waals surface area contributed by atoms with Gasteiger partial charge in [0.15, 0.2) is 0 Å². The zero-order valence-electron chi connectivity index (χ0n) is 11.8. The van der Waals surface area contributed by atoms with Gasteiger partial charge in [-0.05, 0) is 45.2 Å². The molecule has 1 fully saturated rings. The minimum absolute atomic E-state index is 0.193. The summed E-state index contributed by atoms with van der Waals surface area (Å²) in [7, 11) is 0. The van der Waals surface area contributed by atoms with E-state index in [0.717, 1.165) is 28.2 Å². The highest BCUT2D eigenvalue weighted by molar-refractivity contribution is 9.10. The second-order valence-corrected chi connectivity index (χ2v) is 7.59. The highest BCUT2D eigenvalue weighted by Gasteiger charge is 2.33. The van der Waals surface area contributed by atoms with Crippen LogP contribution in [0.15, 0.2) is 28.7 Å². The molecule has 0 aliphatic carbocycles. The van der Waals surface area contributed by atoms with E-state index in [-0.39, 0.29) is 5.60 Å². The predicted octanol–water partition coefficient (Wildman–Crippen LogP) is 5.30. The molecular formula is C16H18BrNOS. The molecule has 0 bridgehead atoms. The largest absolute Gasteiger partial charge is 0.368 e. The van der Waals surface area contributed by atoms with Crippen molar-refractivity contribution in [2.75, 3.05) is 6.61 Å². The quantitative estimate of drug-likeness (QED) is 0.732. The number of nitrogens with zero attached hydrogens (tertiary/aromatic N) is 1. The highest BCUT2D eigenvalue weighted by atomic mass is 79.9. The lowest BCUT2D eigenvalue weighted by molar-refractivity contribution is -0.0701. The van der Waals surface area contributed by atoms with Crippen molar-refractivity contribution in [3.05, 3.63) is 38.6 Å². The number of rotatable bonds is 2. The fourth-order valence-electron chi connectivity index (χ4n) is 2.60. The SMILES string of the molecule is Cc1sc(C2(C)CCCCO2)nc1-c1ccc(Br)cc1. The summed E-state index contributed by atoms with van der Waals surface area (Å²) in [5.74, 6) is 0. The fraction of sp³-hybridized carbons (Fsp3) is 0.438. The number of thiazole rings is 1. The molecule has 1 saturated heterocycles. The maximum Gasteiger partial charge on any atom is 0.125 e. The van der Waals surface area contributed by atoms with Crippen LogP contribution in [0.3, 0.4) is 0 Å². The average Bonchev–Trinajstić information content (AvgIpc) is 2.83. The van der Waals surface area contributed by atoms with Crippen molar-refractivity contribution >= 4 is 27.3 Å². The first-order valence-corrected chi connectivity index (χ1v) is 8.57. The number of aromatic nitrogens is 1. The lowest BCUT2D eigenvalue weighted by Gasteiger charge is -2.31. The molecule has 1 aromatic heterocycles. The van der Waals surface area contributed by atoms with E-state index in [1.54, 1.807) is 11.3 Å². The molecule has 2 heterocycles. The molecule has 0 radical (unpaired) electrons. The Balaban J connectivity index is 1.96. The molecule has 106 valence electrons. The third kappa shape index (κ3) is 2.69. The third-order valence-corrected chi connectivity index (χ3v) is 5.58. The normalized spacial score (nSPS) is 22.9. The number of benzene rings is 1. The Morgan fingerprint density at radius 3 is 2.65 bits per heavy atom. The number of hydrogen-bond acceptors (Lipinski definition) is 3. The zero-order valence-corrected chi connectivity index (χ0v) is 14.2. The molecule has 3 rings (SSSR count). The van der Waals surface area contributed by atoms with E-state index in [1.165, 1.54) is 23.3 Å². The molecule has 2 aromatic rings. The van der Waals surface area contributed by atoms with Gasteiger partial charge in [-0.2, -0.15) is 0 Å². The summed E-state index contributed by atoms with van der Waals surface area (Å²) in [6.07, 6.45) is 3.46. The Morgan fingerprint density at radius 2 is 2.00 bits per heavy atom. The topological polar surface area (TPSA) is 22.1 Å². The van der Waals surface area contributed by atoms with Crippen LogP contribution in [0.2, 0.25) is 0 Å². The standard InChI is InChI=1S/C16H18BrNOS/c1-11-14(12-5-7-13(17)8-6-12)18-15(20-11)16(2)9-3-4-10-19-16/h5-8H,3-4,9-10H2,1-2H3. The van der Waals surface area contributed by atoms with Crippen LogP contribution >= 0.6 is 27.3 Å². The van der Waals surface area contributed by atoms with E-state index in [4.69, 9.17) is 9.72 Å². The zero-order chi connectivity index (χ0) is 14.2. The van der Waals surface area contributed by atoms with Crippen molar-refractivity contribution in [3.63, 3.8) is 0 Å². The summed E-state index contributed by atoms with van der Waals surface area (Å²) in [6, 6.07) is 8.35. The van der Waals surface area contributed by atoms with Crippen molar-refractivity contribution in [2.24, 2.45) is 0 Å². The van der Waals surface area contributed by atoms with Crippen LogP contribution in [0, 0.1) is 6.92 Å². The number of ether oxygens (including phenoxy) is 1. The van der Waals surface area contributed by atoms with Crippen LogP contribution in [-0.4, -0.2) is 11.6 Å². The molecule has 1 atom stereocenters. The predicted molar refractivity (Wildman–Crippen MR) is 87.1 cm³/mol. The Hall–Kier alpha value is -0.710. The summed E-state index contributed by atoms with van der Waals surface area (Å²) in [5.41, 5.74) is 2.07. The van der Waals surface area contributed by atoms with Crippen LogP contribution in [0.1, 0.15) is 36.1 Å². The number of hydrogen-bond donors (Lipinski definition) is 0. The van der Waals surface area contributed by atoms with E-state index < -0.39 is 0 Å². The number of aryl methyl sites for hydroxylation is 1. The van der Waals surface area contributed by atoms with Gasteiger partial charge >= 0.3 is 0 Å². The molecule has 0 amide bonds. The van der Waals surface area contributed by atoms with Crippen molar-refractivity contribution in [3.8, 4) is 11.3 Å². The van der Waals surface area contributed by atoms with Gasteiger partial charge in [0, 0.05) is 21.5 Å². The highest BCUT2D eigenvalue weighted by Crippen LogP contribution is 2.40. The van der Waals surface area contributed by atoms with Crippen molar-refractivity contribution in [2.45, 2.75) is 38.7 Å². The van der Waals surface area contributed by atoms with Crippen LogP contribution in [0.5, 0.6) is 0 Å². The van der Waals surface area contributed by atoms with E-state index in [9.17, 15) is 0 Å². The van der Waals surface area contributed by atoms with Gasteiger partial charge in [0.2, 0.25) is 0 Å². The molecule has 1 aliphatic rings. The third-order valence-electron chi connectivity index (χ3n) is 3.84. The Labute approximate surface area is 132 Å². The van der Waals surface area contributed by atoms with Gasteiger partial charge in [-0.3, -0.25) is 0 Å². The van der Waals surface area contributed by atoms with Gasteiger partial charge < -0.3 is 4.74 Å². The van der Waals surface area contributed by atoms with Crippen molar-refractivity contribution in [1.29, 1.82) is 0 Å². The lowest BCUT2D eigenvalue weighted by Crippen LogP contribution is -2.29. The van der Waals surface area contributed by atoms with Gasteiger partial charge in [-0.25, -0.2) is 4.98 Å². The van der Waals surface area contributed by atoms with Crippen LogP contribution in [0.4, 0.5) is 0 Å². The molecular weight excluding hydrogens is 334 g/mol. The summed E-state index contributed by atoms with van der Waals surface area (Å²) in [6.45, 7) is 5.17. The molecule has 2 nitrogen and oxygen atoms in total.